The average Bonchev–Trinajstić information content (AvgIpc) is 2.86. The van der Waals surface area contributed by atoms with Crippen LogP contribution >= 0.6 is 0 Å². The molecule has 3 heteroatoms. The summed E-state index contributed by atoms with van der Waals surface area (Å²) in [5, 5.41) is 12.6. The molecule has 3 aliphatic rings. The Hall–Kier alpha value is -0.828. The maximum atomic E-state index is 9.09. The molecule has 16 heavy (non-hydrogen) atoms. The molecule has 0 heterocycles. The van der Waals surface area contributed by atoms with E-state index in [-0.39, 0.29) is 20.4 Å². The van der Waals surface area contributed by atoms with Crippen molar-refractivity contribution in [2.45, 2.75) is 13.3 Å². The summed E-state index contributed by atoms with van der Waals surface area (Å²) in [4.78, 5) is 0. The number of rotatable bonds is 0. The Bertz CT molecular complexity index is 452. The van der Waals surface area contributed by atoms with Gasteiger partial charge in [0.1, 0.15) is 0 Å². The standard InChI is InChI=1S/C13H13NO.Re/c1-2-3-10-7-11-8-4-5-9(6-8)12(11)13(10)14-15;/h4-5,7-9,11-12,15H,6H2,1H3;/b14-13+;. The Morgan fingerprint density at radius 1 is 1.38 bits per heavy atom. The van der Waals surface area contributed by atoms with E-state index in [2.05, 4.69) is 35.2 Å². The van der Waals surface area contributed by atoms with Gasteiger partial charge in [-0.1, -0.05) is 29.3 Å². The third kappa shape index (κ3) is 1.41. The molecule has 0 saturated heterocycles. The quantitative estimate of drug-likeness (QED) is 0.295. The average molecular weight is 385 g/mol. The molecular formula is C13H13NORe. The van der Waals surface area contributed by atoms with Gasteiger partial charge in [-0.3, -0.25) is 0 Å². The number of hydrogen-bond acceptors (Lipinski definition) is 2. The molecule has 3 aliphatic carbocycles. The summed E-state index contributed by atoms with van der Waals surface area (Å²) in [6.07, 6.45) is 7.99. The molecule has 0 spiro atoms. The molecule has 1 radical (unpaired) electrons. The Kier molecular flexibility index (Phi) is 3.06. The predicted octanol–water partition coefficient (Wildman–Crippen LogP) is 2.22. The van der Waals surface area contributed by atoms with Crippen LogP contribution in [0.5, 0.6) is 0 Å². The van der Waals surface area contributed by atoms with Crippen LogP contribution in [0.25, 0.3) is 0 Å². The van der Waals surface area contributed by atoms with Crippen molar-refractivity contribution in [3.63, 3.8) is 0 Å². The van der Waals surface area contributed by atoms with Gasteiger partial charge in [0.2, 0.25) is 0 Å². The van der Waals surface area contributed by atoms with Crippen molar-refractivity contribution in [2.75, 3.05) is 0 Å². The SMILES string of the molecule is CC#CC1=CC2C3C=CC(C3)C2/C1=N/O.[Re]. The largest absolute Gasteiger partial charge is 0.411 e. The van der Waals surface area contributed by atoms with Gasteiger partial charge in [-0.2, -0.15) is 0 Å². The van der Waals surface area contributed by atoms with Crippen molar-refractivity contribution < 1.29 is 25.6 Å². The van der Waals surface area contributed by atoms with E-state index in [9.17, 15) is 0 Å². The maximum Gasteiger partial charge on any atom is 0.0991 e. The second kappa shape index (κ2) is 4.21. The van der Waals surface area contributed by atoms with Crippen LogP contribution in [-0.2, 0) is 20.4 Å². The van der Waals surface area contributed by atoms with Gasteiger partial charge in [0, 0.05) is 31.9 Å². The molecule has 83 valence electrons. The molecule has 2 nitrogen and oxygen atoms in total. The number of oxime groups is 1. The second-order valence-corrected chi connectivity index (χ2v) is 4.49. The number of allylic oxidation sites excluding steroid dienone is 4. The van der Waals surface area contributed by atoms with Crippen LogP contribution in [0.1, 0.15) is 13.3 Å². The first-order valence-electron chi connectivity index (χ1n) is 5.40. The Morgan fingerprint density at radius 2 is 2.12 bits per heavy atom. The molecule has 0 aromatic heterocycles. The van der Waals surface area contributed by atoms with Gasteiger partial charge in [-0.15, -0.1) is 5.92 Å². The van der Waals surface area contributed by atoms with Gasteiger partial charge in [-0.25, -0.2) is 0 Å². The number of hydrogen-bond donors (Lipinski definition) is 1. The van der Waals surface area contributed by atoms with Gasteiger partial charge in [-0.05, 0) is 31.1 Å². The van der Waals surface area contributed by atoms with Crippen LogP contribution in [0.2, 0.25) is 0 Å². The molecule has 2 bridgehead atoms. The minimum absolute atomic E-state index is 0. The van der Waals surface area contributed by atoms with E-state index in [1.807, 2.05) is 6.92 Å². The molecule has 1 fully saturated rings. The molecule has 0 amide bonds. The summed E-state index contributed by atoms with van der Waals surface area (Å²) >= 11 is 0. The first-order chi connectivity index (χ1) is 7.35. The fourth-order valence-electron chi connectivity index (χ4n) is 3.29. The first-order valence-corrected chi connectivity index (χ1v) is 5.40. The van der Waals surface area contributed by atoms with E-state index >= 15 is 0 Å². The molecule has 3 rings (SSSR count). The molecule has 1 N–H and O–H groups in total. The van der Waals surface area contributed by atoms with Crippen LogP contribution in [0.3, 0.4) is 0 Å². The van der Waals surface area contributed by atoms with Crippen LogP contribution in [0, 0.1) is 35.5 Å². The first kappa shape index (κ1) is 11.7. The molecule has 0 aromatic rings. The van der Waals surface area contributed by atoms with Gasteiger partial charge in [0.15, 0.2) is 0 Å². The van der Waals surface area contributed by atoms with Crippen LogP contribution in [0.4, 0.5) is 0 Å². The third-order valence-corrected chi connectivity index (χ3v) is 3.84. The van der Waals surface area contributed by atoms with Crippen molar-refractivity contribution in [2.24, 2.45) is 28.8 Å². The molecule has 0 aromatic carbocycles. The van der Waals surface area contributed by atoms with Crippen LogP contribution in [0.15, 0.2) is 29.0 Å². The zero-order chi connectivity index (χ0) is 10.4. The van der Waals surface area contributed by atoms with E-state index in [1.54, 1.807) is 0 Å². The van der Waals surface area contributed by atoms with E-state index in [0.717, 1.165) is 11.3 Å². The summed E-state index contributed by atoms with van der Waals surface area (Å²) in [5.74, 6) is 8.05. The smallest absolute Gasteiger partial charge is 0.0991 e. The molecule has 4 unspecified atom stereocenters. The van der Waals surface area contributed by atoms with Gasteiger partial charge in [0.25, 0.3) is 0 Å². The maximum absolute atomic E-state index is 9.09. The molecule has 0 aliphatic heterocycles. The van der Waals surface area contributed by atoms with E-state index in [4.69, 9.17) is 5.21 Å². The van der Waals surface area contributed by atoms with Crippen molar-refractivity contribution in [1.82, 2.24) is 0 Å². The van der Waals surface area contributed by atoms with Gasteiger partial charge >= 0.3 is 0 Å². The number of nitrogens with zero attached hydrogens (tertiary/aromatic N) is 1. The molecule has 4 atom stereocenters. The van der Waals surface area contributed by atoms with Crippen molar-refractivity contribution in [1.29, 1.82) is 0 Å². The molecular weight excluding hydrogens is 372 g/mol. The summed E-state index contributed by atoms with van der Waals surface area (Å²) < 4.78 is 0. The number of fused-ring (bicyclic) bond motifs is 5. The van der Waals surface area contributed by atoms with Crippen molar-refractivity contribution in [3.8, 4) is 11.8 Å². The minimum Gasteiger partial charge on any atom is -0.411 e. The fourth-order valence-corrected chi connectivity index (χ4v) is 3.29. The topological polar surface area (TPSA) is 32.6 Å². The zero-order valence-electron chi connectivity index (χ0n) is 9.02. The summed E-state index contributed by atoms with van der Waals surface area (Å²) in [5.41, 5.74) is 1.75. The third-order valence-electron chi connectivity index (χ3n) is 3.84. The van der Waals surface area contributed by atoms with E-state index in [1.165, 1.54) is 6.42 Å². The fraction of sp³-hybridized carbons (Fsp3) is 0.462. The Balaban J connectivity index is 0.000000963. The van der Waals surface area contributed by atoms with Gasteiger partial charge < -0.3 is 5.21 Å². The predicted molar refractivity (Wildman–Crippen MR) is 58.5 cm³/mol. The van der Waals surface area contributed by atoms with Crippen molar-refractivity contribution in [3.05, 3.63) is 23.8 Å². The minimum atomic E-state index is 0. The normalized spacial score (nSPS) is 40.1. The summed E-state index contributed by atoms with van der Waals surface area (Å²) in [6, 6.07) is 0. The van der Waals surface area contributed by atoms with Crippen molar-refractivity contribution >= 4 is 5.71 Å². The van der Waals surface area contributed by atoms with E-state index < -0.39 is 0 Å². The molecule has 1 saturated carbocycles. The second-order valence-electron chi connectivity index (χ2n) is 4.49. The van der Waals surface area contributed by atoms with Crippen LogP contribution in [-0.4, -0.2) is 10.9 Å². The van der Waals surface area contributed by atoms with Crippen LogP contribution < -0.4 is 0 Å². The summed E-state index contributed by atoms with van der Waals surface area (Å²) in [7, 11) is 0. The zero-order valence-corrected chi connectivity index (χ0v) is 11.7. The summed E-state index contributed by atoms with van der Waals surface area (Å²) in [6.45, 7) is 1.82. The Morgan fingerprint density at radius 3 is 2.81 bits per heavy atom. The Labute approximate surface area is 109 Å². The monoisotopic (exact) mass is 386 g/mol. The van der Waals surface area contributed by atoms with E-state index in [0.29, 0.717) is 23.7 Å². The van der Waals surface area contributed by atoms with Gasteiger partial charge in [0.05, 0.1) is 5.71 Å².